The molecule has 5 rings (SSSR count). The van der Waals surface area contributed by atoms with Gasteiger partial charge in [-0.1, -0.05) is 46.3 Å². The largest absolute Gasteiger partial charge is 0.388 e. The molecule has 0 spiro atoms. The Kier molecular flexibility index (Phi) is 6.01. The van der Waals surface area contributed by atoms with E-state index in [0.29, 0.717) is 22.9 Å². The van der Waals surface area contributed by atoms with Crippen LogP contribution >= 0.6 is 15.9 Å². The first-order valence-corrected chi connectivity index (χ1v) is 11.3. The maximum atomic E-state index is 11.1. The smallest absolute Gasteiger partial charge is 0.184 e. The number of aliphatic hydroxyl groups excluding tert-OH is 1. The van der Waals surface area contributed by atoms with Crippen LogP contribution in [0, 0.1) is 18.3 Å². The third-order valence-corrected chi connectivity index (χ3v) is 6.33. The Bertz CT molecular complexity index is 1200. The molecule has 0 aliphatic carbocycles. The molecular weight excluding hydrogens is 490 g/mol. The molecule has 10 heteroatoms. The second-order valence-electron chi connectivity index (χ2n) is 8.04. The van der Waals surface area contributed by atoms with Gasteiger partial charge in [0.2, 0.25) is 0 Å². The minimum atomic E-state index is -1.11. The van der Waals surface area contributed by atoms with Crippen molar-refractivity contribution in [2.75, 3.05) is 6.61 Å². The summed E-state index contributed by atoms with van der Waals surface area (Å²) in [6.45, 7) is 1.98. The molecule has 2 aliphatic rings. The van der Waals surface area contributed by atoms with Crippen molar-refractivity contribution >= 4 is 15.9 Å². The van der Waals surface area contributed by atoms with Gasteiger partial charge in [0.15, 0.2) is 12.1 Å². The zero-order valence-corrected chi connectivity index (χ0v) is 19.3. The van der Waals surface area contributed by atoms with Crippen LogP contribution in [0.3, 0.4) is 0 Å². The lowest BCUT2D eigenvalue weighted by Gasteiger charge is -2.46. The van der Waals surface area contributed by atoms with Crippen LogP contribution in [0.25, 0.3) is 5.69 Å². The monoisotopic (exact) mass is 511 g/mol. The number of hydrogen-bond acceptors (Lipinski definition) is 8. The molecule has 0 bridgehead atoms. The van der Waals surface area contributed by atoms with Gasteiger partial charge in [0.25, 0.3) is 0 Å². The summed E-state index contributed by atoms with van der Waals surface area (Å²) in [5.74, 6) is 0.828. The van der Waals surface area contributed by atoms with E-state index in [9.17, 15) is 10.4 Å². The number of nitrogens with zero attached hydrogens (tertiary/aromatic N) is 4. The molecule has 2 aromatic carbocycles. The minimum Gasteiger partial charge on any atom is -0.388 e. The summed E-state index contributed by atoms with van der Waals surface area (Å²) < 4.78 is 20.5. The molecule has 2 aliphatic heterocycles. The number of nitriles is 1. The number of aliphatic hydroxyl groups is 1. The van der Waals surface area contributed by atoms with Gasteiger partial charge in [-0.3, -0.25) is 0 Å². The lowest BCUT2D eigenvalue weighted by Crippen LogP contribution is -2.62. The van der Waals surface area contributed by atoms with E-state index in [0.717, 1.165) is 10.0 Å². The van der Waals surface area contributed by atoms with Crippen LogP contribution in [0.2, 0.25) is 0 Å². The van der Waals surface area contributed by atoms with E-state index >= 15 is 0 Å². The summed E-state index contributed by atoms with van der Waals surface area (Å²) in [5, 5.41) is 25.2. The van der Waals surface area contributed by atoms with Gasteiger partial charge < -0.3 is 25.1 Å². The number of aryl methyl sites for hydroxylation is 1. The third-order valence-electron chi connectivity index (χ3n) is 5.84. The normalized spacial score (nSPS) is 29.3. The molecule has 3 N–H and O–H groups in total. The van der Waals surface area contributed by atoms with Gasteiger partial charge in [-0.15, -0.1) is 0 Å². The molecule has 3 aromatic rings. The summed E-state index contributed by atoms with van der Waals surface area (Å²) in [4.78, 5) is 4.51. The zero-order valence-electron chi connectivity index (χ0n) is 17.7. The molecule has 1 aromatic heterocycles. The topological polar surface area (TPSA) is 128 Å². The fourth-order valence-electron chi connectivity index (χ4n) is 4.23. The van der Waals surface area contributed by atoms with E-state index in [-0.39, 0.29) is 6.61 Å². The Balaban J connectivity index is 1.45. The van der Waals surface area contributed by atoms with Crippen molar-refractivity contribution in [3.63, 3.8) is 0 Å². The average Bonchev–Trinajstić information content (AvgIpc) is 3.22. The van der Waals surface area contributed by atoms with Crippen molar-refractivity contribution in [1.82, 2.24) is 14.8 Å². The highest BCUT2D eigenvalue weighted by Crippen LogP contribution is 2.38. The van der Waals surface area contributed by atoms with Gasteiger partial charge >= 0.3 is 0 Å². The Morgan fingerprint density at radius 1 is 1.21 bits per heavy atom. The van der Waals surface area contributed by atoms with E-state index in [2.05, 4.69) is 32.1 Å². The molecule has 0 saturated carbocycles. The first-order chi connectivity index (χ1) is 16.0. The number of nitrogens with two attached hydrogens (primary N) is 1. The summed E-state index contributed by atoms with van der Waals surface area (Å²) in [6, 6.07) is 16.2. The van der Waals surface area contributed by atoms with E-state index in [1.165, 1.54) is 4.68 Å². The van der Waals surface area contributed by atoms with Crippen LogP contribution in [0.1, 0.15) is 35.2 Å². The first-order valence-electron chi connectivity index (χ1n) is 10.5. The summed E-state index contributed by atoms with van der Waals surface area (Å²) >= 11 is 3.44. The molecule has 4 unspecified atom stereocenters. The van der Waals surface area contributed by atoms with E-state index in [1.54, 1.807) is 25.1 Å². The number of fused-ring (bicyclic) bond motifs is 1. The number of halogens is 1. The third kappa shape index (κ3) is 4.08. The average molecular weight is 512 g/mol. The molecule has 3 heterocycles. The molecule has 6 atom stereocenters. The van der Waals surface area contributed by atoms with Crippen molar-refractivity contribution in [3.8, 4) is 11.8 Å². The molecule has 0 amide bonds. The van der Waals surface area contributed by atoms with Crippen LogP contribution in [0.15, 0.2) is 53.0 Å². The van der Waals surface area contributed by atoms with Crippen molar-refractivity contribution in [1.29, 1.82) is 5.26 Å². The number of hydrogen-bond donors (Lipinski definition) is 2. The standard InChI is InChI=1S/C23H22BrN5O4/c1-12-27-22(29(28-12)16-9-15(24)8-7-14(16)10-25)21-19(30)18(26)20-17(32-21)11-31-23(33-20)13-5-3-2-4-6-13/h2-9,17-21,23,30H,11,26H2,1H3/t17?,18?,19?,20-,21+,23?/m0/s1. The van der Waals surface area contributed by atoms with Crippen LogP contribution in [0.4, 0.5) is 0 Å². The highest BCUT2D eigenvalue weighted by Gasteiger charge is 2.49. The lowest BCUT2D eigenvalue weighted by molar-refractivity contribution is -0.309. The number of benzene rings is 2. The predicted molar refractivity (Wildman–Crippen MR) is 120 cm³/mol. The highest BCUT2D eigenvalue weighted by molar-refractivity contribution is 9.10. The maximum absolute atomic E-state index is 11.1. The highest BCUT2D eigenvalue weighted by atomic mass is 79.9. The maximum Gasteiger partial charge on any atom is 0.184 e. The van der Waals surface area contributed by atoms with Crippen molar-refractivity contribution < 1.29 is 19.3 Å². The van der Waals surface area contributed by atoms with Crippen LogP contribution in [-0.2, 0) is 14.2 Å². The number of rotatable bonds is 3. The van der Waals surface area contributed by atoms with E-state index < -0.39 is 36.7 Å². The van der Waals surface area contributed by atoms with Gasteiger partial charge in [-0.25, -0.2) is 9.67 Å². The number of ether oxygens (including phenoxy) is 3. The molecular formula is C23H22BrN5O4. The lowest BCUT2D eigenvalue weighted by atomic mass is 9.92. The molecule has 33 heavy (non-hydrogen) atoms. The zero-order chi connectivity index (χ0) is 23.1. The molecule has 2 fully saturated rings. The van der Waals surface area contributed by atoms with Gasteiger partial charge in [0.1, 0.15) is 36.3 Å². The number of aromatic nitrogens is 3. The molecule has 2 saturated heterocycles. The minimum absolute atomic E-state index is 0.245. The van der Waals surface area contributed by atoms with E-state index in [4.69, 9.17) is 19.9 Å². The second kappa shape index (κ2) is 8.95. The predicted octanol–water partition coefficient (Wildman–Crippen LogP) is 2.45. The summed E-state index contributed by atoms with van der Waals surface area (Å²) in [7, 11) is 0. The van der Waals surface area contributed by atoms with E-state index in [1.807, 2.05) is 30.3 Å². The van der Waals surface area contributed by atoms with Gasteiger partial charge in [0.05, 0.1) is 23.9 Å². The Labute approximate surface area is 198 Å². The Morgan fingerprint density at radius 3 is 2.76 bits per heavy atom. The fourth-order valence-corrected chi connectivity index (χ4v) is 4.58. The Morgan fingerprint density at radius 2 is 2.00 bits per heavy atom. The summed E-state index contributed by atoms with van der Waals surface area (Å²) in [5.41, 5.74) is 8.25. The summed E-state index contributed by atoms with van der Waals surface area (Å²) in [6.07, 6.45) is -3.64. The molecule has 170 valence electrons. The van der Waals surface area contributed by atoms with Gasteiger partial charge in [0, 0.05) is 10.0 Å². The van der Waals surface area contributed by atoms with Crippen LogP contribution in [-0.4, -0.2) is 50.8 Å². The van der Waals surface area contributed by atoms with Crippen molar-refractivity contribution in [3.05, 3.63) is 75.8 Å². The molecule has 0 radical (unpaired) electrons. The molecule has 9 nitrogen and oxygen atoms in total. The van der Waals surface area contributed by atoms with Crippen molar-refractivity contribution in [2.24, 2.45) is 5.73 Å². The van der Waals surface area contributed by atoms with Gasteiger partial charge in [-0.05, 0) is 25.1 Å². The Hall–Kier alpha value is -2.65. The SMILES string of the molecule is Cc1nc([C@@H]2OC3COC(c4ccccc4)O[C@@H]3C(N)C2O)n(-c2cc(Br)ccc2C#N)n1. The fraction of sp³-hybridized carbons (Fsp3) is 0.348. The van der Waals surface area contributed by atoms with Crippen LogP contribution < -0.4 is 5.73 Å². The van der Waals surface area contributed by atoms with Crippen LogP contribution in [0.5, 0.6) is 0 Å². The van der Waals surface area contributed by atoms with Gasteiger partial charge in [-0.2, -0.15) is 10.4 Å². The quantitative estimate of drug-likeness (QED) is 0.548. The second-order valence-corrected chi connectivity index (χ2v) is 8.96. The first kappa shape index (κ1) is 22.2. The van der Waals surface area contributed by atoms with Crippen molar-refractivity contribution in [2.45, 2.75) is 43.7 Å².